The van der Waals surface area contributed by atoms with Crippen LogP contribution in [-0.2, 0) is 6.54 Å². The van der Waals surface area contributed by atoms with Gasteiger partial charge in [0.05, 0.1) is 6.54 Å². The number of thiocarbonyl (C=S) groups is 1. The normalized spacial score (nSPS) is 10.3. The van der Waals surface area contributed by atoms with Gasteiger partial charge in [-0.15, -0.1) is 11.3 Å². The third kappa shape index (κ3) is 3.28. The van der Waals surface area contributed by atoms with Crippen LogP contribution in [0, 0.1) is 0 Å². The van der Waals surface area contributed by atoms with Crippen LogP contribution in [0.2, 0.25) is 0 Å². The maximum atomic E-state index is 5.54. The summed E-state index contributed by atoms with van der Waals surface area (Å²) in [4.78, 5) is 8.10. The molecule has 2 aromatic heterocycles. The fraction of sp³-hybridized carbons (Fsp3) is 0.167. The highest BCUT2D eigenvalue weighted by Crippen LogP contribution is 2.22. The minimum Gasteiger partial charge on any atom is -0.389 e. The Hall–Kier alpha value is -0.980. The number of hydrogen-bond acceptors (Lipinski definition) is 4. The molecule has 2 rings (SSSR count). The van der Waals surface area contributed by atoms with Crippen LogP contribution < -0.4 is 10.6 Å². The van der Waals surface area contributed by atoms with Crippen LogP contribution in [0.4, 0.5) is 5.82 Å². The Kier molecular flexibility index (Phi) is 4.31. The number of hydrogen-bond donors (Lipinski definition) is 1. The molecule has 0 unspecified atom stereocenters. The van der Waals surface area contributed by atoms with Gasteiger partial charge >= 0.3 is 0 Å². The van der Waals surface area contributed by atoms with Gasteiger partial charge in [0.2, 0.25) is 0 Å². The molecule has 6 heteroatoms. The van der Waals surface area contributed by atoms with Crippen LogP contribution in [0.1, 0.15) is 10.4 Å². The van der Waals surface area contributed by atoms with Gasteiger partial charge in [-0.2, -0.15) is 0 Å². The highest BCUT2D eigenvalue weighted by molar-refractivity contribution is 9.10. The number of rotatable bonds is 4. The second-order valence-electron chi connectivity index (χ2n) is 3.86. The van der Waals surface area contributed by atoms with E-state index in [0.29, 0.717) is 4.99 Å². The third-order valence-corrected chi connectivity index (χ3v) is 4.36. The van der Waals surface area contributed by atoms with E-state index in [9.17, 15) is 0 Å². The standard InChI is InChI=1S/C12H12BrN3S2/c1-16(6-10-4-9(13)7-18-10)11-3-2-8(5-15-11)12(14)17/h2-5,7H,6H2,1H3,(H2,14,17). The van der Waals surface area contributed by atoms with E-state index in [-0.39, 0.29) is 0 Å². The number of aromatic nitrogens is 1. The first-order chi connectivity index (χ1) is 8.56. The molecule has 0 aromatic carbocycles. The van der Waals surface area contributed by atoms with E-state index in [0.717, 1.165) is 22.4 Å². The molecule has 3 nitrogen and oxygen atoms in total. The van der Waals surface area contributed by atoms with Crippen LogP contribution in [0.25, 0.3) is 0 Å². The molecule has 0 atom stereocenters. The molecule has 2 aromatic rings. The van der Waals surface area contributed by atoms with Gasteiger partial charge in [0, 0.05) is 33.5 Å². The molecule has 18 heavy (non-hydrogen) atoms. The van der Waals surface area contributed by atoms with Crippen molar-refractivity contribution in [1.29, 1.82) is 0 Å². The van der Waals surface area contributed by atoms with Crippen molar-refractivity contribution >= 4 is 50.3 Å². The third-order valence-electron chi connectivity index (χ3n) is 2.44. The number of nitrogens with zero attached hydrogens (tertiary/aromatic N) is 2. The predicted molar refractivity (Wildman–Crippen MR) is 84.3 cm³/mol. The zero-order chi connectivity index (χ0) is 13.1. The van der Waals surface area contributed by atoms with Gasteiger partial charge in [-0.25, -0.2) is 4.98 Å². The molecule has 94 valence electrons. The first-order valence-electron chi connectivity index (χ1n) is 5.26. The molecular formula is C12H12BrN3S2. The molecular weight excluding hydrogens is 330 g/mol. The number of anilines is 1. The Labute approximate surface area is 124 Å². The number of nitrogens with two attached hydrogens (primary N) is 1. The summed E-state index contributed by atoms with van der Waals surface area (Å²) in [7, 11) is 2.01. The van der Waals surface area contributed by atoms with Gasteiger partial charge in [-0.1, -0.05) is 12.2 Å². The summed E-state index contributed by atoms with van der Waals surface area (Å²) in [6.45, 7) is 0.829. The monoisotopic (exact) mass is 341 g/mol. The fourth-order valence-electron chi connectivity index (χ4n) is 1.51. The lowest BCUT2D eigenvalue weighted by molar-refractivity contribution is 0.912. The van der Waals surface area contributed by atoms with Crippen molar-refractivity contribution in [3.63, 3.8) is 0 Å². The molecule has 0 saturated heterocycles. The van der Waals surface area contributed by atoms with E-state index in [1.54, 1.807) is 17.5 Å². The molecule has 0 amide bonds. The summed E-state index contributed by atoms with van der Waals surface area (Å²) >= 11 is 10.1. The Morgan fingerprint density at radius 1 is 1.56 bits per heavy atom. The summed E-state index contributed by atoms with van der Waals surface area (Å²) < 4.78 is 1.12. The molecule has 0 radical (unpaired) electrons. The molecule has 0 saturated carbocycles. The number of pyridine rings is 1. The maximum Gasteiger partial charge on any atom is 0.128 e. The topological polar surface area (TPSA) is 42.1 Å². The summed E-state index contributed by atoms with van der Waals surface area (Å²) in [5.41, 5.74) is 6.33. The highest BCUT2D eigenvalue weighted by atomic mass is 79.9. The Balaban J connectivity index is 2.09. The zero-order valence-corrected chi connectivity index (χ0v) is 13.0. The summed E-state index contributed by atoms with van der Waals surface area (Å²) in [6, 6.07) is 5.94. The summed E-state index contributed by atoms with van der Waals surface area (Å²) in [5, 5.41) is 2.08. The Morgan fingerprint density at radius 3 is 2.83 bits per heavy atom. The lowest BCUT2D eigenvalue weighted by Gasteiger charge is -2.17. The van der Waals surface area contributed by atoms with Crippen LogP contribution in [-0.4, -0.2) is 17.0 Å². The van der Waals surface area contributed by atoms with Gasteiger partial charge in [0.15, 0.2) is 0 Å². The predicted octanol–water partition coefficient (Wildman–Crippen LogP) is 3.18. The maximum absolute atomic E-state index is 5.54. The van der Waals surface area contributed by atoms with Gasteiger partial charge in [-0.3, -0.25) is 0 Å². The minimum atomic E-state index is 0.374. The molecule has 2 N–H and O–H groups in total. The Bertz CT molecular complexity index is 551. The molecule has 0 aliphatic carbocycles. The van der Waals surface area contributed by atoms with Crippen LogP contribution in [0.5, 0.6) is 0 Å². The van der Waals surface area contributed by atoms with Crippen molar-refractivity contribution in [3.05, 3.63) is 44.7 Å². The van der Waals surface area contributed by atoms with Crippen LogP contribution in [0.15, 0.2) is 34.2 Å². The number of halogens is 1. The van der Waals surface area contributed by atoms with Crippen molar-refractivity contribution in [2.45, 2.75) is 6.54 Å². The highest BCUT2D eigenvalue weighted by Gasteiger charge is 2.06. The van der Waals surface area contributed by atoms with Crippen molar-refractivity contribution in [3.8, 4) is 0 Å². The second-order valence-corrected chi connectivity index (χ2v) is 6.21. The lowest BCUT2D eigenvalue weighted by Crippen LogP contribution is -2.17. The van der Waals surface area contributed by atoms with Crippen LogP contribution in [0.3, 0.4) is 0 Å². The second kappa shape index (κ2) is 5.77. The first kappa shape index (κ1) is 13.5. The van der Waals surface area contributed by atoms with Gasteiger partial charge in [0.1, 0.15) is 10.8 Å². The summed E-state index contributed by atoms with van der Waals surface area (Å²) in [5.74, 6) is 0.902. The number of thiophene rings is 1. The molecule has 0 spiro atoms. The van der Waals surface area contributed by atoms with Crippen molar-refractivity contribution in [2.24, 2.45) is 5.73 Å². The smallest absolute Gasteiger partial charge is 0.128 e. The summed E-state index contributed by atoms with van der Waals surface area (Å²) in [6.07, 6.45) is 1.71. The van der Waals surface area contributed by atoms with Crippen molar-refractivity contribution in [2.75, 3.05) is 11.9 Å². The molecule has 0 bridgehead atoms. The van der Waals surface area contributed by atoms with E-state index in [1.165, 1.54) is 4.88 Å². The molecule has 0 aliphatic heterocycles. The van der Waals surface area contributed by atoms with Gasteiger partial charge in [0.25, 0.3) is 0 Å². The largest absolute Gasteiger partial charge is 0.389 e. The van der Waals surface area contributed by atoms with Crippen molar-refractivity contribution in [1.82, 2.24) is 4.98 Å². The van der Waals surface area contributed by atoms with E-state index in [4.69, 9.17) is 18.0 Å². The van der Waals surface area contributed by atoms with Crippen molar-refractivity contribution < 1.29 is 0 Å². The fourth-order valence-corrected chi connectivity index (χ4v) is 3.13. The van der Waals surface area contributed by atoms with Gasteiger partial charge in [-0.05, 0) is 34.1 Å². The van der Waals surface area contributed by atoms with E-state index >= 15 is 0 Å². The molecule has 0 fully saturated rings. The SMILES string of the molecule is CN(Cc1cc(Br)cs1)c1ccc(C(N)=S)cn1. The average Bonchev–Trinajstić information content (AvgIpc) is 2.75. The first-order valence-corrected chi connectivity index (χ1v) is 7.34. The quantitative estimate of drug-likeness (QED) is 0.867. The lowest BCUT2D eigenvalue weighted by atomic mass is 10.3. The van der Waals surface area contributed by atoms with E-state index in [1.807, 2.05) is 19.2 Å². The minimum absolute atomic E-state index is 0.374. The van der Waals surface area contributed by atoms with E-state index in [2.05, 4.69) is 37.3 Å². The molecule has 0 aliphatic rings. The van der Waals surface area contributed by atoms with E-state index < -0.39 is 0 Å². The van der Waals surface area contributed by atoms with Crippen LogP contribution >= 0.6 is 39.5 Å². The zero-order valence-electron chi connectivity index (χ0n) is 9.76. The molecule has 2 heterocycles. The Morgan fingerprint density at radius 2 is 2.33 bits per heavy atom. The van der Waals surface area contributed by atoms with Gasteiger partial charge < -0.3 is 10.6 Å². The average molecular weight is 342 g/mol.